The largest absolute Gasteiger partial charge is 0.390 e. The maximum Gasteiger partial charge on any atom is 0.131 e. The fourth-order valence-electron chi connectivity index (χ4n) is 4.54. The van der Waals surface area contributed by atoms with Gasteiger partial charge in [0.15, 0.2) is 0 Å². The minimum atomic E-state index is -1.74. The van der Waals surface area contributed by atoms with Crippen molar-refractivity contribution >= 4 is 0 Å². The third kappa shape index (κ3) is 10.3. The summed E-state index contributed by atoms with van der Waals surface area (Å²) in [6.07, 6.45) is 0.266. The van der Waals surface area contributed by atoms with Crippen LogP contribution in [0.25, 0.3) is 0 Å². The zero-order chi connectivity index (χ0) is 25.7. The van der Waals surface area contributed by atoms with Gasteiger partial charge in [-0.05, 0) is 6.42 Å². The molecule has 0 aromatic carbocycles. The minimum Gasteiger partial charge on any atom is -0.390 e. The van der Waals surface area contributed by atoms with Gasteiger partial charge in [0.25, 0.3) is 0 Å². The molecule has 34 heavy (non-hydrogen) atoms. The molecule has 0 aromatic heterocycles. The maximum absolute atomic E-state index is 10.5. The van der Waals surface area contributed by atoms with E-state index in [4.69, 9.17) is 16.2 Å². The van der Waals surface area contributed by atoms with Crippen molar-refractivity contribution in [2.75, 3.05) is 0 Å². The Kier molecular flexibility index (Phi) is 15.9. The van der Waals surface area contributed by atoms with E-state index in [-0.39, 0.29) is 0 Å². The smallest absolute Gasteiger partial charge is 0.131 e. The second-order valence-corrected chi connectivity index (χ2v) is 9.83. The number of nitrogens with two attached hydrogens (primary N) is 2. The molecule has 10 heteroatoms. The van der Waals surface area contributed by atoms with Gasteiger partial charge in [-0.15, -0.1) is 0 Å². The number of ether oxygens (including phenoxy) is 1. The van der Waals surface area contributed by atoms with Crippen molar-refractivity contribution in [3.8, 4) is 0 Å². The average molecular weight is 495 g/mol. The van der Waals surface area contributed by atoms with Crippen molar-refractivity contribution in [3.63, 3.8) is 0 Å². The molecular weight excluding hydrogens is 444 g/mol. The number of hydrogen-bond donors (Lipinski definition) is 9. The Balaban J connectivity index is 2.30. The Morgan fingerprint density at radius 3 is 1.56 bits per heavy atom. The van der Waals surface area contributed by atoms with Crippen LogP contribution in [0.2, 0.25) is 0 Å². The summed E-state index contributed by atoms with van der Waals surface area (Å²) in [4.78, 5) is 0. The highest BCUT2D eigenvalue weighted by Crippen LogP contribution is 2.26. The summed E-state index contributed by atoms with van der Waals surface area (Å²) in [6, 6.07) is -1.40. The summed E-state index contributed by atoms with van der Waals surface area (Å²) in [5.74, 6) is 0. The van der Waals surface area contributed by atoms with Gasteiger partial charge >= 0.3 is 0 Å². The van der Waals surface area contributed by atoms with E-state index in [1.807, 2.05) is 0 Å². The number of unbranched alkanes of at least 4 members (excludes halogenated alkanes) is 11. The summed E-state index contributed by atoms with van der Waals surface area (Å²) in [7, 11) is 0. The molecule has 1 saturated heterocycles. The highest BCUT2D eigenvalue weighted by Gasteiger charge is 2.50. The Bertz CT molecular complexity index is 515. The van der Waals surface area contributed by atoms with Gasteiger partial charge in [0.1, 0.15) is 42.9 Å². The van der Waals surface area contributed by atoms with Crippen molar-refractivity contribution < 1.29 is 40.5 Å². The predicted octanol–water partition coefficient (Wildman–Crippen LogP) is -0.385. The van der Waals surface area contributed by atoms with Crippen LogP contribution in [0.4, 0.5) is 0 Å². The molecule has 10 atom stereocenters. The first-order valence-electron chi connectivity index (χ1n) is 13.1. The van der Waals surface area contributed by atoms with Crippen molar-refractivity contribution in [3.05, 3.63) is 0 Å². The number of aliphatic hydroxyl groups excluding tert-OH is 7. The lowest BCUT2D eigenvalue weighted by Crippen LogP contribution is -2.67. The first-order chi connectivity index (χ1) is 16.1. The minimum absolute atomic E-state index is 0.304. The topological polar surface area (TPSA) is 203 Å². The number of hydrogen-bond acceptors (Lipinski definition) is 10. The van der Waals surface area contributed by atoms with Crippen molar-refractivity contribution in [1.82, 2.24) is 0 Å². The molecule has 10 nitrogen and oxygen atoms in total. The van der Waals surface area contributed by atoms with Crippen LogP contribution in [0.3, 0.4) is 0 Å². The standard InChI is InChI=1S/C24H50N2O8/c1-2-3-4-5-6-7-8-9-10-11-12-13-14-15(27)17(28)16(25)18(29)22-20(31)19(30)21(32)23(34-22)24(26)33/h15-24,27-33H,2-14,25-26H2,1H3/t15-,16-,17-,18?,19-,20-,21-,22?,23+,24?/m1/s1. The molecule has 0 radical (unpaired) electrons. The molecule has 0 aromatic rings. The van der Waals surface area contributed by atoms with Gasteiger partial charge in [-0.1, -0.05) is 84.0 Å². The van der Waals surface area contributed by atoms with E-state index >= 15 is 0 Å². The average Bonchev–Trinajstić information content (AvgIpc) is 2.81. The van der Waals surface area contributed by atoms with E-state index in [0.29, 0.717) is 12.8 Å². The van der Waals surface area contributed by atoms with Crippen LogP contribution in [0.15, 0.2) is 0 Å². The summed E-state index contributed by atoms with van der Waals surface area (Å²) < 4.78 is 5.28. The van der Waals surface area contributed by atoms with Gasteiger partial charge < -0.3 is 51.9 Å². The zero-order valence-corrected chi connectivity index (χ0v) is 20.7. The monoisotopic (exact) mass is 494 g/mol. The maximum atomic E-state index is 10.5. The highest BCUT2D eigenvalue weighted by atomic mass is 16.6. The molecule has 0 saturated carbocycles. The Morgan fingerprint density at radius 1 is 0.647 bits per heavy atom. The molecule has 0 bridgehead atoms. The Morgan fingerprint density at radius 2 is 1.09 bits per heavy atom. The first-order valence-corrected chi connectivity index (χ1v) is 13.1. The lowest BCUT2D eigenvalue weighted by Gasteiger charge is -2.44. The van der Waals surface area contributed by atoms with E-state index in [0.717, 1.165) is 19.3 Å². The molecule has 0 amide bonds. The second kappa shape index (κ2) is 17.1. The summed E-state index contributed by atoms with van der Waals surface area (Å²) >= 11 is 0. The molecule has 1 rings (SSSR count). The normalized spacial score (nSPS) is 30.0. The molecule has 0 spiro atoms. The molecule has 1 fully saturated rings. The molecule has 1 aliphatic rings. The van der Waals surface area contributed by atoms with Crippen LogP contribution in [0.5, 0.6) is 0 Å². The Hall–Kier alpha value is -0.400. The first kappa shape index (κ1) is 31.6. The fraction of sp³-hybridized carbons (Fsp3) is 1.00. The lowest BCUT2D eigenvalue weighted by atomic mass is 9.87. The third-order valence-corrected chi connectivity index (χ3v) is 6.90. The van der Waals surface area contributed by atoms with Crippen LogP contribution in [0, 0.1) is 0 Å². The van der Waals surface area contributed by atoms with Crippen LogP contribution >= 0.6 is 0 Å². The number of rotatable bonds is 18. The van der Waals surface area contributed by atoms with Crippen LogP contribution in [0.1, 0.15) is 90.4 Å². The molecule has 3 unspecified atom stereocenters. The van der Waals surface area contributed by atoms with Crippen LogP contribution in [-0.2, 0) is 4.74 Å². The predicted molar refractivity (Wildman–Crippen MR) is 129 cm³/mol. The molecule has 204 valence electrons. The number of aliphatic hydroxyl groups is 7. The van der Waals surface area contributed by atoms with Gasteiger partial charge in [0.2, 0.25) is 0 Å². The van der Waals surface area contributed by atoms with E-state index in [2.05, 4.69) is 6.92 Å². The van der Waals surface area contributed by atoms with Gasteiger partial charge in [-0.2, -0.15) is 0 Å². The Labute approximate surface area is 203 Å². The molecule has 1 heterocycles. The van der Waals surface area contributed by atoms with E-state index < -0.39 is 61.1 Å². The van der Waals surface area contributed by atoms with Crippen molar-refractivity contribution in [1.29, 1.82) is 0 Å². The molecule has 11 N–H and O–H groups in total. The quantitative estimate of drug-likeness (QED) is 0.0892. The van der Waals surface area contributed by atoms with E-state index in [9.17, 15) is 35.7 Å². The fourth-order valence-corrected chi connectivity index (χ4v) is 4.54. The third-order valence-electron chi connectivity index (χ3n) is 6.90. The van der Waals surface area contributed by atoms with Crippen molar-refractivity contribution in [2.24, 2.45) is 11.5 Å². The lowest BCUT2D eigenvalue weighted by molar-refractivity contribution is -0.264. The molecule has 0 aliphatic carbocycles. The van der Waals surface area contributed by atoms with E-state index in [1.165, 1.54) is 51.4 Å². The second-order valence-electron chi connectivity index (χ2n) is 9.83. The van der Waals surface area contributed by atoms with Crippen LogP contribution < -0.4 is 11.5 Å². The highest BCUT2D eigenvalue weighted by molar-refractivity contribution is 5.00. The summed E-state index contributed by atoms with van der Waals surface area (Å²) in [6.45, 7) is 2.22. The van der Waals surface area contributed by atoms with Gasteiger partial charge in [0, 0.05) is 0 Å². The SMILES string of the molecule is CCCCCCCCCCCCCC[C@@H](O)[C@@H](O)[C@@H](N)C(O)C1O[C@H](C(N)O)[C@H](O)[C@H](O)[C@H]1O. The van der Waals surface area contributed by atoms with Gasteiger partial charge in [-0.3, -0.25) is 0 Å². The van der Waals surface area contributed by atoms with E-state index in [1.54, 1.807) is 0 Å². The molecular formula is C24H50N2O8. The molecule has 1 aliphatic heterocycles. The van der Waals surface area contributed by atoms with Gasteiger partial charge in [0.05, 0.1) is 18.2 Å². The van der Waals surface area contributed by atoms with Gasteiger partial charge in [-0.25, -0.2) is 0 Å². The van der Waals surface area contributed by atoms with Crippen molar-refractivity contribution in [2.45, 2.75) is 151 Å². The van der Waals surface area contributed by atoms with Crippen LogP contribution in [-0.4, -0.2) is 96.8 Å². The zero-order valence-electron chi connectivity index (χ0n) is 20.7. The summed E-state index contributed by atoms with van der Waals surface area (Å²) in [5.41, 5.74) is 11.2. The summed E-state index contributed by atoms with van der Waals surface area (Å²) in [5, 5.41) is 70.7.